The fourth-order valence-electron chi connectivity index (χ4n) is 2.95. The van der Waals surface area contributed by atoms with Crippen LogP contribution < -0.4 is 10.6 Å². The topological polar surface area (TPSA) is 86.9 Å². The van der Waals surface area contributed by atoms with E-state index in [1.807, 2.05) is 18.2 Å². The van der Waals surface area contributed by atoms with Gasteiger partial charge in [0.2, 0.25) is 0 Å². The summed E-state index contributed by atoms with van der Waals surface area (Å²) in [5.41, 5.74) is 2.63. The number of rotatable bonds is 5. The average molecular weight is 405 g/mol. The highest BCUT2D eigenvalue weighted by molar-refractivity contribution is 6.30. The van der Waals surface area contributed by atoms with Crippen molar-refractivity contribution in [2.75, 3.05) is 5.32 Å². The molecule has 3 N–H and O–H groups in total. The number of amides is 2. The van der Waals surface area contributed by atoms with Crippen molar-refractivity contribution in [3.8, 4) is 0 Å². The number of anilines is 1. The number of fused-ring (bicyclic) bond motifs is 1. The van der Waals surface area contributed by atoms with Crippen molar-refractivity contribution in [3.63, 3.8) is 0 Å². The molecule has 29 heavy (non-hydrogen) atoms. The molecule has 6 nitrogen and oxygen atoms in total. The van der Waals surface area contributed by atoms with Crippen molar-refractivity contribution < 1.29 is 9.59 Å². The van der Waals surface area contributed by atoms with Gasteiger partial charge in [-0.25, -0.2) is 0 Å². The molecule has 0 saturated heterocycles. The van der Waals surface area contributed by atoms with Crippen LogP contribution in [0.5, 0.6) is 0 Å². The number of halogens is 1. The van der Waals surface area contributed by atoms with Gasteiger partial charge in [-0.3, -0.25) is 14.7 Å². The standard InChI is InChI=1S/C22H17ClN4O2/c23-17-8-4-5-14(11-17)13-24-21(28)16-9-10-19-18(12-16)20(27-26-19)25-22(29)15-6-2-1-3-7-15/h1-12H,13H2,(H,24,28)(H2,25,26,27,29). The number of carbonyl (C=O) groups excluding carboxylic acids is 2. The van der Waals surface area contributed by atoms with Crippen molar-refractivity contribution in [1.82, 2.24) is 15.5 Å². The molecule has 0 unspecified atom stereocenters. The smallest absolute Gasteiger partial charge is 0.256 e. The first-order valence-electron chi connectivity index (χ1n) is 8.97. The average Bonchev–Trinajstić information content (AvgIpc) is 3.14. The third kappa shape index (κ3) is 4.28. The molecular weight excluding hydrogens is 388 g/mol. The fraction of sp³-hybridized carbons (Fsp3) is 0.0455. The van der Waals surface area contributed by atoms with Gasteiger partial charge in [0.1, 0.15) is 0 Å². The Balaban J connectivity index is 1.51. The van der Waals surface area contributed by atoms with Crippen LogP contribution in [-0.4, -0.2) is 22.0 Å². The fourth-order valence-corrected chi connectivity index (χ4v) is 3.16. The summed E-state index contributed by atoms with van der Waals surface area (Å²) in [5, 5.41) is 14.0. The predicted octanol–water partition coefficient (Wildman–Crippen LogP) is 4.40. The summed E-state index contributed by atoms with van der Waals surface area (Å²) in [7, 11) is 0. The number of aromatic amines is 1. The number of H-pyrrole nitrogens is 1. The Kier molecular flexibility index (Phi) is 5.27. The minimum absolute atomic E-state index is 0.228. The molecule has 0 fully saturated rings. The molecule has 7 heteroatoms. The number of hydrogen-bond acceptors (Lipinski definition) is 3. The maximum absolute atomic E-state index is 12.6. The van der Waals surface area contributed by atoms with E-state index in [2.05, 4.69) is 20.8 Å². The Hall–Kier alpha value is -3.64. The lowest BCUT2D eigenvalue weighted by Crippen LogP contribution is -2.22. The van der Waals surface area contributed by atoms with E-state index in [0.717, 1.165) is 11.1 Å². The molecule has 0 atom stereocenters. The van der Waals surface area contributed by atoms with E-state index in [1.165, 1.54) is 0 Å². The predicted molar refractivity (Wildman–Crippen MR) is 113 cm³/mol. The summed E-state index contributed by atoms with van der Waals surface area (Å²) in [6, 6.07) is 21.3. The Labute approximate surface area is 171 Å². The second kappa shape index (κ2) is 8.16. The zero-order valence-corrected chi connectivity index (χ0v) is 16.0. The van der Waals surface area contributed by atoms with Gasteiger partial charge < -0.3 is 10.6 Å². The normalized spacial score (nSPS) is 10.7. The molecule has 0 radical (unpaired) electrons. The zero-order valence-electron chi connectivity index (χ0n) is 15.3. The summed E-state index contributed by atoms with van der Waals surface area (Å²) in [6.45, 7) is 0.362. The van der Waals surface area contributed by atoms with E-state index in [1.54, 1.807) is 54.6 Å². The van der Waals surface area contributed by atoms with Gasteiger partial charge in [-0.15, -0.1) is 0 Å². The minimum atomic E-state index is -0.269. The van der Waals surface area contributed by atoms with Crippen molar-refractivity contribution in [3.05, 3.63) is 94.5 Å². The first-order chi connectivity index (χ1) is 14.1. The molecule has 0 aliphatic carbocycles. The van der Waals surface area contributed by atoms with Crippen molar-refractivity contribution in [1.29, 1.82) is 0 Å². The molecular formula is C22H17ClN4O2. The maximum atomic E-state index is 12.6. The molecule has 3 aromatic carbocycles. The van der Waals surface area contributed by atoms with Crippen LogP contribution in [0.2, 0.25) is 5.02 Å². The lowest BCUT2D eigenvalue weighted by atomic mass is 10.1. The third-order valence-electron chi connectivity index (χ3n) is 4.44. The number of nitrogens with zero attached hydrogens (tertiary/aromatic N) is 1. The monoisotopic (exact) mass is 404 g/mol. The van der Waals surface area contributed by atoms with E-state index >= 15 is 0 Å². The highest BCUT2D eigenvalue weighted by Crippen LogP contribution is 2.22. The van der Waals surface area contributed by atoms with E-state index in [4.69, 9.17) is 11.6 Å². The van der Waals surface area contributed by atoms with Crippen LogP contribution in [0.1, 0.15) is 26.3 Å². The van der Waals surface area contributed by atoms with Crippen LogP contribution in [0.3, 0.4) is 0 Å². The quantitative estimate of drug-likeness (QED) is 0.460. The Morgan fingerprint density at radius 3 is 2.52 bits per heavy atom. The van der Waals surface area contributed by atoms with Gasteiger partial charge in [0.25, 0.3) is 11.8 Å². The summed E-state index contributed by atoms with van der Waals surface area (Å²) in [4.78, 5) is 25.0. The van der Waals surface area contributed by atoms with Gasteiger partial charge in [0, 0.05) is 28.1 Å². The SMILES string of the molecule is O=C(NCc1cccc(Cl)c1)c1ccc2[nH]nc(NC(=O)c3ccccc3)c2c1. The molecule has 1 heterocycles. The number of benzene rings is 3. The van der Waals surface area contributed by atoms with E-state index in [9.17, 15) is 9.59 Å². The zero-order chi connectivity index (χ0) is 20.2. The third-order valence-corrected chi connectivity index (χ3v) is 4.67. The summed E-state index contributed by atoms with van der Waals surface area (Å²) < 4.78 is 0. The van der Waals surface area contributed by atoms with Crippen molar-refractivity contribution in [2.45, 2.75) is 6.54 Å². The Morgan fingerprint density at radius 2 is 1.72 bits per heavy atom. The van der Waals surface area contributed by atoms with E-state index in [-0.39, 0.29) is 11.8 Å². The first-order valence-corrected chi connectivity index (χ1v) is 9.35. The molecule has 0 bridgehead atoms. The minimum Gasteiger partial charge on any atom is -0.348 e. The number of nitrogens with one attached hydrogen (secondary N) is 3. The van der Waals surface area contributed by atoms with Gasteiger partial charge >= 0.3 is 0 Å². The van der Waals surface area contributed by atoms with E-state index < -0.39 is 0 Å². The highest BCUT2D eigenvalue weighted by Gasteiger charge is 2.13. The van der Waals surface area contributed by atoms with Crippen LogP contribution in [0, 0.1) is 0 Å². The molecule has 2 amide bonds. The molecule has 144 valence electrons. The first kappa shape index (κ1) is 18.7. The summed E-state index contributed by atoms with van der Waals surface area (Å²) in [5.74, 6) is -0.124. The lowest BCUT2D eigenvalue weighted by Gasteiger charge is -2.07. The van der Waals surface area contributed by atoms with Gasteiger partial charge in [-0.05, 0) is 48.0 Å². The molecule has 0 spiro atoms. The highest BCUT2D eigenvalue weighted by atomic mass is 35.5. The summed E-state index contributed by atoms with van der Waals surface area (Å²) in [6.07, 6.45) is 0. The van der Waals surface area contributed by atoms with Crippen molar-refractivity contribution >= 4 is 40.1 Å². The molecule has 0 saturated carbocycles. The van der Waals surface area contributed by atoms with Crippen LogP contribution in [-0.2, 0) is 6.54 Å². The second-order valence-corrected chi connectivity index (χ2v) is 6.90. The van der Waals surface area contributed by atoms with Gasteiger partial charge in [-0.1, -0.05) is 41.9 Å². The lowest BCUT2D eigenvalue weighted by molar-refractivity contribution is 0.0950. The molecule has 1 aromatic heterocycles. The second-order valence-electron chi connectivity index (χ2n) is 6.47. The molecule has 4 aromatic rings. The van der Waals surface area contributed by atoms with Gasteiger partial charge in [0.05, 0.1) is 5.52 Å². The number of hydrogen-bond donors (Lipinski definition) is 3. The number of carbonyl (C=O) groups is 2. The van der Waals surface area contributed by atoms with Crippen LogP contribution in [0.25, 0.3) is 10.9 Å². The van der Waals surface area contributed by atoms with E-state index in [0.29, 0.717) is 33.9 Å². The summed E-state index contributed by atoms with van der Waals surface area (Å²) >= 11 is 5.98. The molecule has 4 rings (SSSR count). The van der Waals surface area contributed by atoms with Crippen LogP contribution >= 0.6 is 11.6 Å². The Morgan fingerprint density at radius 1 is 0.897 bits per heavy atom. The van der Waals surface area contributed by atoms with Crippen LogP contribution in [0.15, 0.2) is 72.8 Å². The molecule has 0 aliphatic heterocycles. The van der Waals surface area contributed by atoms with Gasteiger partial charge in [-0.2, -0.15) is 5.10 Å². The van der Waals surface area contributed by atoms with Gasteiger partial charge in [0.15, 0.2) is 5.82 Å². The molecule has 0 aliphatic rings. The number of aromatic nitrogens is 2. The largest absolute Gasteiger partial charge is 0.348 e. The van der Waals surface area contributed by atoms with Crippen LogP contribution in [0.4, 0.5) is 5.82 Å². The Bertz CT molecular complexity index is 1190. The maximum Gasteiger partial charge on any atom is 0.256 e. The van der Waals surface area contributed by atoms with Crippen molar-refractivity contribution in [2.24, 2.45) is 0 Å².